The minimum Gasteiger partial charge on any atom is -0.481 e. The van der Waals surface area contributed by atoms with Crippen LogP contribution in [0.3, 0.4) is 0 Å². The van der Waals surface area contributed by atoms with Gasteiger partial charge in [0.05, 0.1) is 11.5 Å². The molecule has 4 aliphatic rings. The molecule has 1 aliphatic heterocycles. The molecule has 1 saturated heterocycles. The second kappa shape index (κ2) is 4.84. The third-order valence-electron chi connectivity index (χ3n) is 7.88. The fourth-order valence-corrected chi connectivity index (χ4v) is 6.65. The first-order valence-corrected chi connectivity index (χ1v) is 9.37. The summed E-state index contributed by atoms with van der Waals surface area (Å²) in [5.41, 5.74) is 1.07. The molecule has 0 aromatic rings. The molecule has 0 bridgehead atoms. The van der Waals surface area contributed by atoms with E-state index < -0.39 is 11.4 Å². The average molecular weight is 318 g/mol. The standard InChI is InChI=1S/C20H30O3/c1-11(2)13-5-6-14-15-17-16(23-17)12(3)7-8-19(15,4)9-10-20(13,14)18(21)22/h7,11,13-17H,5-6,8-10H2,1-4H3,(H,21,22)/t13-,14+,15-,16?,17?,19-,20+/m1/s1. The lowest BCUT2D eigenvalue weighted by Crippen LogP contribution is -2.54. The number of hydrogen-bond acceptors (Lipinski definition) is 2. The summed E-state index contributed by atoms with van der Waals surface area (Å²) in [5, 5.41) is 10.3. The Morgan fingerprint density at radius 1 is 1.35 bits per heavy atom. The van der Waals surface area contributed by atoms with Gasteiger partial charge >= 0.3 is 5.97 Å². The van der Waals surface area contributed by atoms with Crippen LogP contribution in [-0.4, -0.2) is 23.3 Å². The lowest BCUT2D eigenvalue weighted by atomic mass is 9.50. The van der Waals surface area contributed by atoms with E-state index in [9.17, 15) is 9.90 Å². The summed E-state index contributed by atoms with van der Waals surface area (Å²) in [7, 11) is 0. The topological polar surface area (TPSA) is 49.8 Å². The van der Waals surface area contributed by atoms with Gasteiger partial charge in [-0.2, -0.15) is 0 Å². The number of rotatable bonds is 2. The first-order chi connectivity index (χ1) is 10.8. The zero-order valence-corrected chi connectivity index (χ0v) is 14.8. The summed E-state index contributed by atoms with van der Waals surface area (Å²) in [4.78, 5) is 12.5. The van der Waals surface area contributed by atoms with E-state index in [1.54, 1.807) is 0 Å². The van der Waals surface area contributed by atoms with E-state index in [1.165, 1.54) is 5.57 Å². The Morgan fingerprint density at radius 2 is 2.09 bits per heavy atom. The molecule has 0 spiro atoms. The van der Waals surface area contributed by atoms with Crippen LogP contribution in [0.4, 0.5) is 0 Å². The monoisotopic (exact) mass is 318 g/mol. The van der Waals surface area contributed by atoms with Gasteiger partial charge in [0.2, 0.25) is 0 Å². The third kappa shape index (κ3) is 1.95. The van der Waals surface area contributed by atoms with Crippen LogP contribution in [-0.2, 0) is 9.53 Å². The van der Waals surface area contributed by atoms with Crippen molar-refractivity contribution in [2.45, 2.75) is 72.0 Å². The van der Waals surface area contributed by atoms with E-state index in [4.69, 9.17) is 4.74 Å². The van der Waals surface area contributed by atoms with Crippen LogP contribution < -0.4 is 0 Å². The van der Waals surface area contributed by atoms with E-state index in [1.807, 2.05) is 0 Å². The molecule has 7 atom stereocenters. The molecule has 4 rings (SSSR count). The van der Waals surface area contributed by atoms with Gasteiger partial charge in [-0.3, -0.25) is 4.79 Å². The summed E-state index contributed by atoms with van der Waals surface area (Å²) in [6, 6.07) is 0. The molecular formula is C20H30O3. The minimum absolute atomic E-state index is 0.215. The maximum absolute atomic E-state index is 12.5. The van der Waals surface area contributed by atoms with E-state index in [0.717, 1.165) is 32.1 Å². The summed E-state index contributed by atoms with van der Waals surface area (Å²) < 4.78 is 6.07. The second-order valence-corrected chi connectivity index (χ2v) is 9.23. The molecule has 0 aromatic heterocycles. The summed E-state index contributed by atoms with van der Waals surface area (Å²) in [5.74, 6) is 0.938. The Hall–Kier alpha value is -0.830. The molecule has 1 N–H and O–H groups in total. The number of epoxide rings is 1. The molecule has 0 amide bonds. The Balaban J connectivity index is 1.77. The quantitative estimate of drug-likeness (QED) is 0.611. The Kier molecular flexibility index (Phi) is 3.30. The maximum atomic E-state index is 12.5. The van der Waals surface area contributed by atoms with E-state index in [0.29, 0.717) is 23.7 Å². The highest BCUT2D eigenvalue weighted by atomic mass is 16.6. The number of aliphatic carboxylic acids is 1. The van der Waals surface area contributed by atoms with Crippen LogP contribution in [0.1, 0.15) is 59.8 Å². The van der Waals surface area contributed by atoms with Gasteiger partial charge in [-0.05, 0) is 73.7 Å². The maximum Gasteiger partial charge on any atom is 0.310 e. The zero-order valence-electron chi connectivity index (χ0n) is 14.8. The van der Waals surface area contributed by atoms with Crippen LogP contribution in [0.15, 0.2) is 11.6 Å². The predicted molar refractivity (Wildman–Crippen MR) is 89.0 cm³/mol. The van der Waals surface area contributed by atoms with Gasteiger partial charge in [-0.15, -0.1) is 0 Å². The van der Waals surface area contributed by atoms with Gasteiger partial charge in [0.15, 0.2) is 0 Å². The smallest absolute Gasteiger partial charge is 0.310 e. The molecule has 128 valence electrons. The largest absolute Gasteiger partial charge is 0.481 e. The molecule has 3 fully saturated rings. The number of hydrogen-bond donors (Lipinski definition) is 1. The number of fused-ring (bicyclic) bond motifs is 5. The lowest BCUT2D eigenvalue weighted by Gasteiger charge is -2.53. The van der Waals surface area contributed by atoms with Gasteiger partial charge in [0.1, 0.15) is 6.10 Å². The molecule has 2 unspecified atom stereocenters. The predicted octanol–water partition coefficient (Wildman–Crippen LogP) is 4.27. The minimum atomic E-state index is -0.535. The number of ether oxygens (including phenoxy) is 1. The first-order valence-electron chi connectivity index (χ1n) is 9.37. The molecule has 0 aromatic carbocycles. The van der Waals surface area contributed by atoms with Gasteiger partial charge in [-0.25, -0.2) is 0 Å². The van der Waals surface area contributed by atoms with Crippen LogP contribution in [0.5, 0.6) is 0 Å². The van der Waals surface area contributed by atoms with Gasteiger partial charge in [0.25, 0.3) is 0 Å². The van der Waals surface area contributed by atoms with Gasteiger partial charge in [-0.1, -0.05) is 26.8 Å². The van der Waals surface area contributed by atoms with Crippen molar-refractivity contribution in [1.29, 1.82) is 0 Å². The van der Waals surface area contributed by atoms with Crippen LogP contribution in [0.25, 0.3) is 0 Å². The highest BCUT2D eigenvalue weighted by molar-refractivity contribution is 5.76. The van der Waals surface area contributed by atoms with Crippen molar-refractivity contribution in [3.63, 3.8) is 0 Å². The number of carbonyl (C=O) groups is 1. The summed E-state index contributed by atoms with van der Waals surface area (Å²) >= 11 is 0. The van der Waals surface area contributed by atoms with Crippen molar-refractivity contribution in [3.8, 4) is 0 Å². The van der Waals surface area contributed by atoms with Crippen molar-refractivity contribution >= 4 is 5.97 Å². The average Bonchev–Trinajstić information content (AvgIpc) is 3.17. The molecule has 23 heavy (non-hydrogen) atoms. The highest BCUT2D eigenvalue weighted by Crippen LogP contribution is 2.68. The Bertz CT molecular complexity index is 565. The molecule has 3 heteroatoms. The fourth-order valence-electron chi connectivity index (χ4n) is 6.65. The number of allylic oxidation sites excluding steroid dienone is 1. The van der Waals surface area contributed by atoms with Crippen LogP contribution >= 0.6 is 0 Å². The highest BCUT2D eigenvalue weighted by Gasteiger charge is 2.68. The lowest BCUT2D eigenvalue weighted by molar-refractivity contribution is -0.167. The van der Waals surface area contributed by atoms with E-state index in [2.05, 4.69) is 33.8 Å². The van der Waals surface area contributed by atoms with Crippen LogP contribution in [0.2, 0.25) is 0 Å². The fraction of sp³-hybridized carbons (Fsp3) is 0.850. The van der Waals surface area contributed by atoms with Crippen molar-refractivity contribution in [2.75, 3.05) is 0 Å². The van der Waals surface area contributed by atoms with Gasteiger partial charge in [0, 0.05) is 0 Å². The second-order valence-electron chi connectivity index (χ2n) is 9.23. The Labute approximate surface area is 139 Å². The van der Waals surface area contributed by atoms with Crippen molar-refractivity contribution < 1.29 is 14.6 Å². The van der Waals surface area contributed by atoms with Gasteiger partial charge < -0.3 is 9.84 Å². The molecule has 2 saturated carbocycles. The Morgan fingerprint density at radius 3 is 2.74 bits per heavy atom. The molecule has 1 heterocycles. The first kappa shape index (κ1) is 15.7. The SMILES string of the molecule is CC1=CC[C@]2(C)CC[C@]3(C(=O)O)[C@@H](C(C)C)CC[C@H]3[C@@H]2C2OC12. The molecule has 3 nitrogen and oxygen atoms in total. The van der Waals surface area contributed by atoms with Crippen molar-refractivity contribution in [3.05, 3.63) is 11.6 Å². The number of carboxylic acid groups (broad SMARTS) is 1. The third-order valence-corrected chi connectivity index (χ3v) is 7.88. The van der Waals surface area contributed by atoms with E-state index in [-0.39, 0.29) is 17.6 Å². The number of carboxylic acids is 1. The van der Waals surface area contributed by atoms with Crippen molar-refractivity contribution in [2.24, 2.45) is 34.5 Å². The normalized spacial score (nSPS) is 51.3. The van der Waals surface area contributed by atoms with Crippen LogP contribution in [0, 0.1) is 34.5 Å². The molecule has 0 radical (unpaired) electrons. The summed E-state index contributed by atoms with van der Waals surface area (Å²) in [6.45, 7) is 8.99. The summed E-state index contributed by atoms with van der Waals surface area (Å²) in [6.07, 6.45) is 8.03. The molecular weight excluding hydrogens is 288 g/mol. The van der Waals surface area contributed by atoms with Crippen molar-refractivity contribution in [1.82, 2.24) is 0 Å². The van der Waals surface area contributed by atoms with E-state index >= 15 is 0 Å². The zero-order chi connectivity index (χ0) is 16.6. The molecule has 3 aliphatic carbocycles.